The summed E-state index contributed by atoms with van der Waals surface area (Å²) in [6, 6.07) is 31.6. The fourth-order valence-corrected chi connectivity index (χ4v) is 11.7. The largest absolute Gasteiger partial charge is 0.496 e. The average molecular weight is 673 g/mol. The first-order valence-electron chi connectivity index (χ1n) is 16.7. The zero-order valence-corrected chi connectivity index (χ0v) is 30.6. The zero-order chi connectivity index (χ0) is 34.8. The van der Waals surface area contributed by atoms with Crippen molar-refractivity contribution in [2.75, 3.05) is 28.4 Å². The highest BCUT2D eigenvalue weighted by molar-refractivity contribution is 7.67. The number of Topliss-reactive ketones (excluding diaryl/α,β-unsaturated/α-hetero) is 1. The summed E-state index contributed by atoms with van der Waals surface area (Å²) in [6.45, 7) is 8.77. The summed E-state index contributed by atoms with van der Waals surface area (Å²) in [7, 11) is 5.53. The van der Waals surface area contributed by atoms with Crippen LogP contribution in [-0.4, -0.2) is 34.2 Å². The van der Waals surface area contributed by atoms with Crippen molar-refractivity contribution in [2.24, 2.45) is 0 Å². The van der Waals surface area contributed by atoms with Crippen LogP contribution in [0.3, 0.4) is 0 Å². The van der Waals surface area contributed by atoms with Gasteiger partial charge in [-0.15, -0.1) is 0 Å². The minimum absolute atomic E-state index is 0.188. The van der Waals surface area contributed by atoms with E-state index in [0.717, 1.165) is 34.1 Å². The molecule has 6 rings (SSSR count). The molecule has 1 heterocycles. The smallest absolute Gasteiger partial charge is 0.134 e. The van der Waals surface area contributed by atoms with Gasteiger partial charge in [-0.05, 0) is 102 Å². The molecule has 0 bridgehead atoms. The number of hydrogen-bond donors (Lipinski definition) is 0. The number of methoxy groups -OCH3 is 4. The van der Waals surface area contributed by atoms with Crippen LogP contribution in [0.2, 0.25) is 0 Å². The fourth-order valence-electron chi connectivity index (χ4n) is 7.84. The summed E-state index contributed by atoms with van der Waals surface area (Å²) in [4.78, 5) is 14.2. The Kier molecular flexibility index (Phi) is 10.1. The molecule has 0 amide bonds. The fraction of sp³-hybridized carbons (Fsp3) is 0.279. The summed E-state index contributed by atoms with van der Waals surface area (Å²) >= 11 is 0. The zero-order valence-electron chi connectivity index (χ0n) is 29.7. The van der Waals surface area contributed by atoms with Crippen molar-refractivity contribution in [1.29, 1.82) is 0 Å². The van der Waals surface area contributed by atoms with Crippen LogP contribution < -0.4 is 24.3 Å². The van der Waals surface area contributed by atoms with Crippen molar-refractivity contribution in [3.8, 4) is 45.3 Å². The van der Waals surface area contributed by atoms with Gasteiger partial charge in [-0.1, -0.05) is 74.7 Å². The maximum absolute atomic E-state index is 14.2. The molecule has 5 nitrogen and oxygen atoms in total. The van der Waals surface area contributed by atoms with Gasteiger partial charge >= 0.3 is 0 Å². The predicted molar refractivity (Wildman–Crippen MR) is 202 cm³/mol. The van der Waals surface area contributed by atoms with E-state index in [0.29, 0.717) is 12.8 Å². The van der Waals surface area contributed by atoms with E-state index in [1.807, 2.05) is 36.4 Å². The van der Waals surface area contributed by atoms with Gasteiger partial charge in [0.25, 0.3) is 0 Å². The number of carbonyl (C=O) groups excluding carboxylic acids is 1. The molecule has 2 atom stereocenters. The topological polar surface area (TPSA) is 54.0 Å². The van der Waals surface area contributed by atoms with E-state index in [1.165, 1.54) is 49.8 Å². The molecule has 0 radical (unpaired) electrons. The highest BCUT2D eigenvalue weighted by atomic mass is 31.1. The third-order valence-corrected chi connectivity index (χ3v) is 13.1. The van der Waals surface area contributed by atoms with Gasteiger partial charge in [0.1, 0.15) is 28.8 Å². The van der Waals surface area contributed by atoms with Crippen LogP contribution >= 0.6 is 7.92 Å². The van der Waals surface area contributed by atoms with E-state index < -0.39 is 7.92 Å². The second-order valence-corrected chi connectivity index (χ2v) is 15.3. The summed E-state index contributed by atoms with van der Waals surface area (Å²) < 4.78 is 24.3. The number of carbonyl (C=O) groups is 1. The van der Waals surface area contributed by atoms with Crippen LogP contribution in [0.1, 0.15) is 57.5 Å². The molecule has 6 heteroatoms. The van der Waals surface area contributed by atoms with Crippen molar-refractivity contribution in [3.63, 3.8) is 0 Å². The monoisotopic (exact) mass is 672 g/mol. The molecule has 5 aromatic rings. The second-order valence-electron chi connectivity index (χ2n) is 12.8. The number of ketones is 1. The molecule has 0 aliphatic carbocycles. The third kappa shape index (κ3) is 6.22. The molecule has 0 saturated carbocycles. The lowest BCUT2D eigenvalue weighted by atomic mass is 9.90. The Morgan fingerprint density at radius 1 is 0.490 bits per heavy atom. The normalized spacial score (nSPS) is 17.5. The van der Waals surface area contributed by atoms with Gasteiger partial charge in [-0.2, -0.15) is 0 Å². The summed E-state index contributed by atoms with van der Waals surface area (Å²) in [6.07, 6.45) is 0.730. The molecule has 49 heavy (non-hydrogen) atoms. The van der Waals surface area contributed by atoms with Gasteiger partial charge in [-0.25, -0.2) is 0 Å². The van der Waals surface area contributed by atoms with Crippen molar-refractivity contribution < 1.29 is 23.7 Å². The maximum atomic E-state index is 14.2. The Morgan fingerprint density at radius 3 is 1.12 bits per heavy atom. The van der Waals surface area contributed by atoms with Crippen molar-refractivity contribution in [3.05, 3.63) is 124 Å². The van der Waals surface area contributed by atoms with Crippen LogP contribution in [0.4, 0.5) is 0 Å². The Hall–Kier alpha value is -4.60. The van der Waals surface area contributed by atoms with Crippen molar-refractivity contribution in [2.45, 2.75) is 51.9 Å². The minimum Gasteiger partial charge on any atom is -0.496 e. The van der Waals surface area contributed by atoms with Crippen LogP contribution in [-0.2, 0) is 4.79 Å². The first-order chi connectivity index (χ1) is 23.7. The van der Waals surface area contributed by atoms with Crippen LogP contribution in [0, 0.1) is 27.7 Å². The summed E-state index contributed by atoms with van der Waals surface area (Å²) in [5, 5.41) is 1.26. The molecule has 5 aromatic carbocycles. The maximum Gasteiger partial charge on any atom is 0.134 e. The number of aryl methyl sites for hydroxylation is 4. The van der Waals surface area contributed by atoms with Crippen molar-refractivity contribution in [1.82, 2.24) is 0 Å². The van der Waals surface area contributed by atoms with E-state index in [1.54, 1.807) is 28.4 Å². The summed E-state index contributed by atoms with van der Waals surface area (Å²) in [5.41, 5.74) is 11.1. The molecule has 0 aromatic heterocycles. The average Bonchev–Trinajstić information content (AvgIpc) is 3.10. The number of rotatable bonds is 9. The number of hydrogen-bond acceptors (Lipinski definition) is 5. The van der Waals surface area contributed by atoms with Crippen LogP contribution in [0.5, 0.6) is 23.0 Å². The van der Waals surface area contributed by atoms with E-state index >= 15 is 0 Å². The lowest BCUT2D eigenvalue weighted by molar-refractivity contribution is -0.119. The highest BCUT2D eigenvalue weighted by Gasteiger charge is 2.45. The van der Waals surface area contributed by atoms with Crippen molar-refractivity contribution >= 4 is 19.0 Å². The Balaban J connectivity index is 1.82. The first-order valence-corrected chi connectivity index (χ1v) is 18.2. The van der Waals surface area contributed by atoms with Gasteiger partial charge in [0.15, 0.2) is 0 Å². The first kappa shape index (κ1) is 34.3. The lowest BCUT2D eigenvalue weighted by Gasteiger charge is -2.42. The Labute approximate surface area is 292 Å². The molecule has 1 fully saturated rings. The standard InChI is InChI=1S/C43H45O5P/c1-26-14-9-15-27(2)39(26)31-18-11-19-32(40-28(3)16-10-17-29(40)4)43(31)49-37(41-33(45-5)20-12-21-34(41)46-6)24-30(44)25-38(49)42-35(47-7)22-13-23-36(42)48-8/h9-23,37-38H,24-25H2,1-8H3. The van der Waals surface area contributed by atoms with Gasteiger partial charge < -0.3 is 18.9 Å². The Morgan fingerprint density at radius 2 is 0.796 bits per heavy atom. The molecular formula is C43H45O5P. The van der Waals surface area contributed by atoms with Gasteiger partial charge in [-0.3, -0.25) is 4.79 Å². The molecular weight excluding hydrogens is 627 g/mol. The SMILES string of the molecule is COc1cccc(OC)c1C1CC(=O)CC(c2c(OC)cccc2OC)P1c1c(-c2c(C)cccc2C)cccc1-c1c(C)cccc1C. The molecule has 1 saturated heterocycles. The van der Waals surface area contributed by atoms with E-state index in [-0.39, 0.29) is 17.1 Å². The molecule has 1 aliphatic rings. The van der Waals surface area contributed by atoms with Gasteiger partial charge in [0.2, 0.25) is 0 Å². The molecule has 2 unspecified atom stereocenters. The minimum atomic E-state index is -1.24. The number of ether oxygens (including phenoxy) is 4. The van der Waals surface area contributed by atoms with Crippen LogP contribution in [0.15, 0.2) is 91.0 Å². The molecule has 0 N–H and O–H groups in total. The second kappa shape index (κ2) is 14.5. The van der Waals surface area contributed by atoms with Gasteiger partial charge in [0, 0.05) is 35.3 Å². The quantitative estimate of drug-likeness (QED) is 0.146. The van der Waals surface area contributed by atoms with Crippen LogP contribution in [0.25, 0.3) is 22.3 Å². The third-order valence-electron chi connectivity index (χ3n) is 9.91. The molecule has 1 aliphatic heterocycles. The Bertz CT molecular complexity index is 1790. The van der Waals surface area contributed by atoms with E-state index in [9.17, 15) is 4.79 Å². The molecule has 0 spiro atoms. The van der Waals surface area contributed by atoms with Gasteiger partial charge in [0.05, 0.1) is 28.4 Å². The molecule has 252 valence electrons. The lowest BCUT2D eigenvalue weighted by Crippen LogP contribution is -2.27. The summed E-state index contributed by atoms with van der Waals surface area (Å²) in [5.74, 6) is 3.06. The van der Waals surface area contributed by atoms with E-state index in [2.05, 4.69) is 82.3 Å². The van der Waals surface area contributed by atoms with E-state index in [4.69, 9.17) is 18.9 Å². The highest BCUT2D eigenvalue weighted by Crippen LogP contribution is 2.71. The predicted octanol–water partition coefficient (Wildman–Crippen LogP) is 10.2. The number of benzene rings is 5.